The fourth-order valence-corrected chi connectivity index (χ4v) is 1.84. The Morgan fingerprint density at radius 2 is 1.53 bits per heavy atom. The predicted octanol–water partition coefficient (Wildman–Crippen LogP) is 3.05. The molecule has 0 radical (unpaired) electrons. The molecule has 0 aromatic carbocycles. The summed E-state index contributed by atoms with van der Waals surface area (Å²) >= 11 is 0. The molecule has 1 atom stereocenters. The molecular weight excluding hydrogens is 186 g/mol. The van der Waals surface area contributed by atoms with Crippen LogP contribution in [-0.2, 0) is 0 Å². The molecule has 0 aromatic rings. The van der Waals surface area contributed by atoms with Crippen LogP contribution in [0.3, 0.4) is 0 Å². The van der Waals surface area contributed by atoms with E-state index < -0.39 is 0 Å². The quantitative estimate of drug-likeness (QED) is 0.566. The average Bonchev–Trinajstić information content (AvgIpc) is 2.26. The third kappa shape index (κ3) is 8.88. The van der Waals surface area contributed by atoms with Crippen LogP contribution >= 0.6 is 0 Å². The van der Waals surface area contributed by atoms with E-state index in [1.54, 1.807) is 0 Å². The van der Waals surface area contributed by atoms with Crippen molar-refractivity contribution in [2.45, 2.75) is 65.4 Å². The van der Waals surface area contributed by atoms with E-state index in [2.05, 4.69) is 25.7 Å². The molecule has 2 heteroatoms. The Bertz CT molecular complexity index is 124. The minimum Gasteiger partial charge on any atom is -0.393 e. The molecule has 0 fully saturated rings. The highest BCUT2D eigenvalue weighted by Crippen LogP contribution is 2.08. The maximum absolute atomic E-state index is 9.65. The van der Waals surface area contributed by atoms with Crippen LogP contribution in [0.4, 0.5) is 0 Å². The van der Waals surface area contributed by atoms with E-state index in [1.165, 1.54) is 25.8 Å². The largest absolute Gasteiger partial charge is 0.393 e. The molecule has 0 aliphatic heterocycles. The minimum absolute atomic E-state index is 0.0540. The lowest BCUT2D eigenvalue weighted by Crippen LogP contribution is -2.24. The lowest BCUT2D eigenvalue weighted by atomic mass is 10.1. The van der Waals surface area contributed by atoms with Crippen molar-refractivity contribution in [3.8, 4) is 0 Å². The van der Waals surface area contributed by atoms with Gasteiger partial charge in [-0.25, -0.2) is 0 Å². The van der Waals surface area contributed by atoms with Crippen LogP contribution in [0.15, 0.2) is 0 Å². The second-order valence-corrected chi connectivity index (χ2v) is 4.32. The molecule has 0 bridgehead atoms. The lowest BCUT2D eigenvalue weighted by Gasteiger charge is -2.18. The van der Waals surface area contributed by atoms with E-state index in [-0.39, 0.29) is 6.10 Å². The molecule has 0 spiro atoms. The minimum atomic E-state index is -0.0540. The summed E-state index contributed by atoms with van der Waals surface area (Å²) in [6.07, 6.45) is 6.67. The molecule has 15 heavy (non-hydrogen) atoms. The Morgan fingerprint density at radius 1 is 0.933 bits per heavy atom. The van der Waals surface area contributed by atoms with Gasteiger partial charge in [0, 0.05) is 0 Å². The average molecular weight is 215 g/mol. The van der Waals surface area contributed by atoms with Crippen molar-refractivity contribution in [3.63, 3.8) is 0 Å². The van der Waals surface area contributed by atoms with Crippen molar-refractivity contribution in [2.24, 2.45) is 0 Å². The van der Waals surface area contributed by atoms with Crippen molar-refractivity contribution in [2.75, 3.05) is 19.6 Å². The zero-order valence-electron chi connectivity index (χ0n) is 10.8. The van der Waals surface area contributed by atoms with Gasteiger partial charge in [0.25, 0.3) is 0 Å². The number of nitrogens with zero attached hydrogens (tertiary/aromatic N) is 1. The zero-order valence-corrected chi connectivity index (χ0v) is 10.8. The van der Waals surface area contributed by atoms with E-state index in [4.69, 9.17) is 0 Å². The summed E-state index contributed by atoms with van der Waals surface area (Å²) in [7, 11) is 0. The van der Waals surface area contributed by atoms with Crippen LogP contribution in [0.25, 0.3) is 0 Å². The summed E-state index contributed by atoms with van der Waals surface area (Å²) < 4.78 is 0. The summed E-state index contributed by atoms with van der Waals surface area (Å²) in [5, 5.41) is 9.65. The Balaban J connectivity index is 3.29. The third-order valence-corrected chi connectivity index (χ3v) is 3.05. The first kappa shape index (κ1) is 14.9. The van der Waals surface area contributed by atoms with E-state index >= 15 is 0 Å². The monoisotopic (exact) mass is 215 g/mol. The lowest BCUT2D eigenvalue weighted by molar-refractivity contribution is 0.146. The summed E-state index contributed by atoms with van der Waals surface area (Å²) in [5.41, 5.74) is 0. The number of rotatable bonds is 10. The Labute approximate surface area is 95.7 Å². The summed E-state index contributed by atoms with van der Waals surface area (Å²) in [6, 6.07) is 0. The van der Waals surface area contributed by atoms with Gasteiger partial charge in [-0.15, -0.1) is 0 Å². The molecule has 0 saturated heterocycles. The topological polar surface area (TPSA) is 23.5 Å². The van der Waals surface area contributed by atoms with Gasteiger partial charge >= 0.3 is 0 Å². The summed E-state index contributed by atoms with van der Waals surface area (Å²) in [5.74, 6) is 0. The molecule has 0 aromatic heterocycles. The van der Waals surface area contributed by atoms with Crippen molar-refractivity contribution in [3.05, 3.63) is 0 Å². The van der Waals surface area contributed by atoms with Gasteiger partial charge in [-0.2, -0.15) is 0 Å². The van der Waals surface area contributed by atoms with Crippen LogP contribution in [0.5, 0.6) is 0 Å². The van der Waals surface area contributed by atoms with Gasteiger partial charge in [0.15, 0.2) is 0 Å². The second-order valence-electron chi connectivity index (χ2n) is 4.32. The van der Waals surface area contributed by atoms with Gasteiger partial charge in [0.2, 0.25) is 0 Å². The molecule has 92 valence electrons. The maximum Gasteiger partial charge on any atom is 0.0540 e. The number of aliphatic hydroxyl groups excluding tert-OH is 1. The molecule has 1 N–H and O–H groups in total. The van der Waals surface area contributed by atoms with Gasteiger partial charge in [-0.3, -0.25) is 0 Å². The standard InChI is InChI=1S/C13H29NO/c1-4-7-10-13(15)11-8-9-12-14(5-2)6-3/h13,15H,4-12H2,1-3H3/t13-/m0/s1. The number of hydrogen-bond acceptors (Lipinski definition) is 2. The van der Waals surface area contributed by atoms with Gasteiger partial charge in [0.1, 0.15) is 0 Å². The van der Waals surface area contributed by atoms with E-state index in [9.17, 15) is 5.11 Å². The van der Waals surface area contributed by atoms with E-state index in [0.717, 1.165) is 32.4 Å². The first-order valence-electron chi connectivity index (χ1n) is 6.64. The number of aliphatic hydroxyl groups is 1. The van der Waals surface area contributed by atoms with Crippen molar-refractivity contribution < 1.29 is 5.11 Å². The Hall–Kier alpha value is -0.0800. The fraction of sp³-hybridized carbons (Fsp3) is 1.00. The van der Waals surface area contributed by atoms with Gasteiger partial charge in [0.05, 0.1) is 6.10 Å². The molecule has 0 unspecified atom stereocenters. The molecule has 0 saturated carbocycles. The maximum atomic E-state index is 9.65. The van der Waals surface area contributed by atoms with Crippen molar-refractivity contribution in [1.82, 2.24) is 4.90 Å². The van der Waals surface area contributed by atoms with Crippen molar-refractivity contribution in [1.29, 1.82) is 0 Å². The Kier molecular flexibility index (Phi) is 10.4. The first-order valence-corrected chi connectivity index (χ1v) is 6.64. The van der Waals surface area contributed by atoms with E-state index in [1.807, 2.05) is 0 Å². The highest BCUT2D eigenvalue weighted by Gasteiger charge is 2.03. The van der Waals surface area contributed by atoms with Crippen LogP contribution < -0.4 is 0 Å². The fourth-order valence-electron chi connectivity index (χ4n) is 1.84. The second kappa shape index (κ2) is 10.4. The van der Waals surface area contributed by atoms with Crippen LogP contribution in [0.1, 0.15) is 59.3 Å². The zero-order chi connectivity index (χ0) is 11.5. The smallest absolute Gasteiger partial charge is 0.0540 e. The van der Waals surface area contributed by atoms with E-state index in [0.29, 0.717) is 0 Å². The Morgan fingerprint density at radius 3 is 2.07 bits per heavy atom. The van der Waals surface area contributed by atoms with Gasteiger partial charge < -0.3 is 10.0 Å². The molecular formula is C13H29NO. The molecule has 0 amide bonds. The first-order chi connectivity index (χ1) is 7.24. The van der Waals surface area contributed by atoms with Crippen LogP contribution in [0, 0.1) is 0 Å². The molecule has 0 rings (SSSR count). The predicted molar refractivity (Wildman–Crippen MR) is 67.2 cm³/mol. The number of unbranched alkanes of at least 4 members (excludes halogenated alkanes) is 2. The van der Waals surface area contributed by atoms with Gasteiger partial charge in [-0.1, -0.05) is 33.6 Å². The third-order valence-electron chi connectivity index (χ3n) is 3.05. The summed E-state index contributed by atoms with van der Waals surface area (Å²) in [6.45, 7) is 10.1. The van der Waals surface area contributed by atoms with Crippen LogP contribution in [-0.4, -0.2) is 35.7 Å². The molecule has 2 nitrogen and oxygen atoms in total. The highest BCUT2D eigenvalue weighted by molar-refractivity contribution is 4.58. The molecule has 0 heterocycles. The number of hydrogen-bond donors (Lipinski definition) is 1. The van der Waals surface area contributed by atoms with Crippen LogP contribution in [0.2, 0.25) is 0 Å². The molecule has 0 aliphatic rings. The van der Waals surface area contributed by atoms with Gasteiger partial charge in [-0.05, 0) is 45.3 Å². The normalized spacial score (nSPS) is 13.4. The van der Waals surface area contributed by atoms with Crippen molar-refractivity contribution >= 4 is 0 Å². The SMILES string of the molecule is CCCC[C@H](O)CCCCN(CC)CC. The highest BCUT2D eigenvalue weighted by atomic mass is 16.3. The molecule has 0 aliphatic carbocycles. The summed E-state index contributed by atoms with van der Waals surface area (Å²) in [4.78, 5) is 2.44.